The average molecular weight is 235 g/mol. The van der Waals surface area contributed by atoms with E-state index < -0.39 is 0 Å². The number of pyridine rings is 1. The van der Waals surface area contributed by atoms with Gasteiger partial charge in [-0.05, 0) is 26.0 Å². The van der Waals surface area contributed by atoms with Crippen molar-refractivity contribution in [3.05, 3.63) is 24.0 Å². The number of rotatable bonds is 1. The number of nitrogens with two attached hydrogens (primary N) is 1. The third-order valence-corrected chi connectivity index (χ3v) is 2.75. The van der Waals surface area contributed by atoms with Gasteiger partial charge in [-0.15, -0.1) is 0 Å². The van der Waals surface area contributed by atoms with Crippen LogP contribution in [0.15, 0.2) is 18.3 Å². The smallest absolute Gasteiger partial charge is 0.274 e. The number of aromatic nitrogens is 1. The lowest BCUT2D eigenvalue weighted by atomic mass is 10.2. The summed E-state index contributed by atoms with van der Waals surface area (Å²) in [6, 6.07) is 3.41. The fourth-order valence-electron chi connectivity index (χ4n) is 2.09. The van der Waals surface area contributed by atoms with Gasteiger partial charge in [-0.1, -0.05) is 0 Å². The molecular formula is C12H17N3O2. The minimum atomic E-state index is -0.120. The van der Waals surface area contributed by atoms with Crippen molar-refractivity contribution in [1.29, 1.82) is 0 Å². The fraction of sp³-hybridized carbons (Fsp3) is 0.500. The fourth-order valence-corrected chi connectivity index (χ4v) is 2.09. The first-order chi connectivity index (χ1) is 8.08. The summed E-state index contributed by atoms with van der Waals surface area (Å²) in [6.07, 6.45) is 1.68. The van der Waals surface area contributed by atoms with Gasteiger partial charge >= 0.3 is 0 Å². The molecule has 5 nitrogen and oxygen atoms in total. The number of amides is 1. The molecule has 1 saturated heterocycles. The summed E-state index contributed by atoms with van der Waals surface area (Å²) in [5.74, 6) is -0.120. The SMILES string of the molecule is C[C@@H]1CN(C(=O)c2ncccc2N)C[C@H](C)O1. The first-order valence-electron chi connectivity index (χ1n) is 5.73. The zero-order valence-corrected chi connectivity index (χ0v) is 10.1. The van der Waals surface area contributed by atoms with Gasteiger partial charge in [0.2, 0.25) is 0 Å². The molecule has 1 aliphatic heterocycles. The summed E-state index contributed by atoms with van der Waals surface area (Å²) in [5.41, 5.74) is 6.50. The summed E-state index contributed by atoms with van der Waals surface area (Å²) in [6.45, 7) is 5.08. The molecule has 1 aliphatic rings. The maximum atomic E-state index is 12.2. The second-order valence-electron chi connectivity index (χ2n) is 4.41. The molecule has 1 aromatic rings. The Morgan fingerprint density at radius 3 is 2.71 bits per heavy atom. The van der Waals surface area contributed by atoms with Gasteiger partial charge < -0.3 is 15.4 Å². The lowest BCUT2D eigenvalue weighted by Crippen LogP contribution is -2.48. The molecule has 92 valence electrons. The zero-order chi connectivity index (χ0) is 12.4. The highest BCUT2D eigenvalue weighted by atomic mass is 16.5. The Morgan fingerprint density at radius 2 is 2.12 bits per heavy atom. The molecule has 0 radical (unpaired) electrons. The van der Waals surface area contributed by atoms with Gasteiger partial charge in [0.15, 0.2) is 5.69 Å². The average Bonchev–Trinajstić information content (AvgIpc) is 2.27. The Kier molecular flexibility index (Phi) is 3.28. The highest BCUT2D eigenvalue weighted by molar-refractivity contribution is 5.97. The lowest BCUT2D eigenvalue weighted by molar-refractivity contribution is -0.0587. The van der Waals surface area contributed by atoms with Gasteiger partial charge in [-0.2, -0.15) is 0 Å². The molecule has 5 heteroatoms. The minimum Gasteiger partial charge on any atom is -0.397 e. The molecule has 17 heavy (non-hydrogen) atoms. The van der Waals surface area contributed by atoms with Crippen LogP contribution in [0.5, 0.6) is 0 Å². The number of hydrogen-bond acceptors (Lipinski definition) is 4. The van der Waals surface area contributed by atoms with Crippen molar-refractivity contribution in [3.8, 4) is 0 Å². The molecule has 1 fully saturated rings. The molecule has 1 amide bonds. The molecule has 2 heterocycles. The molecule has 2 rings (SSSR count). The van der Waals surface area contributed by atoms with Crippen LogP contribution in [0.4, 0.5) is 5.69 Å². The summed E-state index contributed by atoms with van der Waals surface area (Å²) in [5, 5.41) is 0. The topological polar surface area (TPSA) is 68.5 Å². The van der Waals surface area contributed by atoms with E-state index in [0.717, 1.165) is 0 Å². The second kappa shape index (κ2) is 4.71. The summed E-state index contributed by atoms with van der Waals surface area (Å²) in [7, 11) is 0. The molecule has 2 atom stereocenters. The van der Waals surface area contributed by atoms with E-state index in [-0.39, 0.29) is 18.1 Å². The molecule has 1 aromatic heterocycles. The van der Waals surface area contributed by atoms with Crippen LogP contribution in [0, 0.1) is 0 Å². The number of morpholine rings is 1. The largest absolute Gasteiger partial charge is 0.397 e. The van der Waals surface area contributed by atoms with Crippen LogP contribution in [-0.2, 0) is 4.74 Å². The van der Waals surface area contributed by atoms with Gasteiger partial charge in [0.25, 0.3) is 5.91 Å². The van der Waals surface area contributed by atoms with Crippen LogP contribution >= 0.6 is 0 Å². The van der Waals surface area contributed by atoms with Crippen LogP contribution in [0.1, 0.15) is 24.3 Å². The van der Waals surface area contributed by atoms with E-state index in [1.165, 1.54) is 0 Å². The van der Waals surface area contributed by atoms with Crippen LogP contribution in [0.2, 0.25) is 0 Å². The standard InChI is InChI=1S/C12H17N3O2/c1-8-6-15(7-9(2)17-8)12(16)11-10(13)4-3-5-14-11/h3-5,8-9H,6-7,13H2,1-2H3/t8-,9+. The van der Waals surface area contributed by atoms with Crippen molar-refractivity contribution in [1.82, 2.24) is 9.88 Å². The molecule has 0 bridgehead atoms. The third kappa shape index (κ3) is 2.55. The summed E-state index contributed by atoms with van der Waals surface area (Å²) >= 11 is 0. The van der Waals surface area contributed by atoms with Crippen LogP contribution < -0.4 is 5.73 Å². The Hall–Kier alpha value is -1.62. The molecule has 0 aliphatic carbocycles. The van der Waals surface area contributed by atoms with E-state index in [2.05, 4.69) is 4.98 Å². The van der Waals surface area contributed by atoms with Crippen molar-refractivity contribution in [2.24, 2.45) is 0 Å². The molecule has 0 spiro atoms. The molecule has 2 N–H and O–H groups in total. The Bertz CT molecular complexity index is 412. The summed E-state index contributed by atoms with van der Waals surface area (Å²) in [4.78, 5) is 18.0. The molecular weight excluding hydrogens is 218 g/mol. The highest BCUT2D eigenvalue weighted by Crippen LogP contribution is 2.16. The van der Waals surface area contributed by atoms with Gasteiger partial charge in [0.05, 0.1) is 17.9 Å². The van der Waals surface area contributed by atoms with Crippen LogP contribution in [-0.4, -0.2) is 41.1 Å². The molecule has 0 saturated carbocycles. The Labute approximate surface area is 101 Å². The Balaban J connectivity index is 2.17. The second-order valence-corrected chi connectivity index (χ2v) is 4.41. The van der Waals surface area contributed by atoms with E-state index in [4.69, 9.17) is 10.5 Å². The van der Waals surface area contributed by atoms with Crippen LogP contribution in [0.3, 0.4) is 0 Å². The van der Waals surface area contributed by atoms with Crippen molar-refractivity contribution in [2.75, 3.05) is 18.8 Å². The normalized spacial score (nSPS) is 24.7. The first kappa shape index (κ1) is 11.9. The van der Waals surface area contributed by atoms with E-state index in [1.807, 2.05) is 13.8 Å². The van der Waals surface area contributed by atoms with Crippen LogP contribution in [0.25, 0.3) is 0 Å². The molecule has 0 unspecified atom stereocenters. The number of carbonyl (C=O) groups is 1. The first-order valence-corrected chi connectivity index (χ1v) is 5.73. The number of hydrogen-bond donors (Lipinski definition) is 1. The van der Waals surface area contributed by atoms with E-state index in [1.54, 1.807) is 23.2 Å². The van der Waals surface area contributed by atoms with Crippen molar-refractivity contribution in [2.45, 2.75) is 26.1 Å². The predicted molar refractivity (Wildman–Crippen MR) is 64.6 cm³/mol. The maximum Gasteiger partial charge on any atom is 0.274 e. The zero-order valence-electron chi connectivity index (χ0n) is 10.1. The maximum absolute atomic E-state index is 12.2. The summed E-state index contributed by atoms with van der Waals surface area (Å²) < 4.78 is 5.59. The van der Waals surface area contributed by atoms with Gasteiger partial charge in [0, 0.05) is 19.3 Å². The van der Waals surface area contributed by atoms with Crippen molar-refractivity contribution in [3.63, 3.8) is 0 Å². The number of anilines is 1. The lowest BCUT2D eigenvalue weighted by Gasteiger charge is -2.35. The highest BCUT2D eigenvalue weighted by Gasteiger charge is 2.27. The van der Waals surface area contributed by atoms with E-state index in [0.29, 0.717) is 24.5 Å². The van der Waals surface area contributed by atoms with Crippen molar-refractivity contribution >= 4 is 11.6 Å². The monoisotopic (exact) mass is 235 g/mol. The molecule has 0 aromatic carbocycles. The van der Waals surface area contributed by atoms with E-state index in [9.17, 15) is 4.79 Å². The van der Waals surface area contributed by atoms with Gasteiger partial charge in [-0.25, -0.2) is 4.98 Å². The van der Waals surface area contributed by atoms with Gasteiger partial charge in [0.1, 0.15) is 0 Å². The van der Waals surface area contributed by atoms with E-state index >= 15 is 0 Å². The minimum absolute atomic E-state index is 0.0487. The number of ether oxygens (including phenoxy) is 1. The predicted octanol–water partition coefficient (Wildman–Crippen LogP) is 0.913. The number of carbonyl (C=O) groups excluding carboxylic acids is 1. The number of nitrogen functional groups attached to an aromatic ring is 1. The van der Waals surface area contributed by atoms with Gasteiger partial charge in [-0.3, -0.25) is 4.79 Å². The Morgan fingerprint density at radius 1 is 1.47 bits per heavy atom. The van der Waals surface area contributed by atoms with Crippen molar-refractivity contribution < 1.29 is 9.53 Å². The number of nitrogens with zero attached hydrogens (tertiary/aromatic N) is 2. The quantitative estimate of drug-likeness (QED) is 0.785. The third-order valence-electron chi connectivity index (χ3n) is 2.75.